The van der Waals surface area contributed by atoms with Gasteiger partial charge in [0.15, 0.2) is 11.5 Å². The first-order valence-electron chi connectivity index (χ1n) is 4.56. The summed E-state index contributed by atoms with van der Waals surface area (Å²) in [5, 5.41) is 12.5. The molecule has 0 fully saturated rings. The summed E-state index contributed by atoms with van der Waals surface area (Å²) in [5.41, 5.74) is 0.972. The molecule has 0 aliphatic rings. The Morgan fingerprint density at radius 3 is 2.87 bits per heavy atom. The molecule has 0 heterocycles. The molecule has 0 amide bonds. The fraction of sp³-hybridized carbons (Fsp3) is 0.273. The van der Waals surface area contributed by atoms with Crippen LogP contribution >= 0.6 is 15.9 Å². The highest BCUT2D eigenvalue weighted by molar-refractivity contribution is 9.10. The van der Waals surface area contributed by atoms with Crippen LogP contribution in [0.4, 0.5) is 0 Å². The molecular weight excluding hydrogens is 258 g/mol. The van der Waals surface area contributed by atoms with Crippen LogP contribution in [0.25, 0.3) is 6.08 Å². The number of benzene rings is 1. The first-order chi connectivity index (χ1) is 7.19. The van der Waals surface area contributed by atoms with Gasteiger partial charge in [-0.05, 0) is 24.7 Å². The van der Waals surface area contributed by atoms with Crippen molar-refractivity contribution in [2.24, 2.45) is 0 Å². The number of aromatic hydroxyl groups is 1. The van der Waals surface area contributed by atoms with E-state index in [4.69, 9.17) is 4.74 Å². The fourth-order valence-electron chi connectivity index (χ4n) is 1.15. The maximum Gasteiger partial charge on any atom is 0.161 e. The quantitative estimate of drug-likeness (QED) is 0.884. The number of phenolic OH excluding ortho intramolecular Hbond substituents is 1. The number of methoxy groups -OCH3 is 1. The van der Waals surface area contributed by atoms with Crippen molar-refractivity contribution in [2.45, 2.75) is 0 Å². The molecule has 0 saturated heterocycles. The van der Waals surface area contributed by atoms with Gasteiger partial charge in [-0.25, -0.2) is 0 Å². The van der Waals surface area contributed by atoms with Crippen LogP contribution in [0.5, 0.6) is 11.5 Å². The molecule has 0 aliphatic heterocycles. The van der Waals surface area contributed by atoms with Crippen molar-refractivity contribution in [1.29, 1.82) is 0 Å². The number of likely N-dealkylation sites (N-methyl/N-ethyl adjacent to an activating group) is 1. The van der Waals surface area contributed by atoms with Gasteiger partial charge in [0, 0.05) is 11.0 Å². The second-order valence-electron chi connectivity index (χ2n) is 3.01. The molecule has 15 heavy (non-hydrogen) atoms. The summed E-state index contributed by atoms with van der Waals surface area (Å²) < 4.78 is 5.87. The number of hydrogen-bond acceptors (Lipinski definition) is 3. The van der Waals surface area contributed by atoms with Gasteiger partial charge >= 0.3 is 0 Å². The zero-order valence-electron chi connectivity index (χ0n) is 8.75. The van der Waals surface area contributed by atoms with Crippen LogP contribution < -0.4 is 10.1 Å². The average Bonchev–Trinajstić information content (AvgIpc) is 2.21. The van der Waals surface area contributed by atoms with E-state index in [1.807, 2.05) is 19.2 Å². The molecule has 0 spiro atoms. The summed E-state index contributed by atoms with van der Waals surface area (Å²) in [6.45, 7) is 0.801. The number of halogens is 1. The Morgan fingerprint density at radius 1 is 1.53 bits per heavy atom. The first-order valence-corrected chi connectivity index (χ1v) is 5.36. The molecule has 1 aromatic carbocycles. The summed E-state index contributed by atoms with van der Waals surface area (Å²) in [7, 11) is 3.42. The SMILES string of the molecule is CNCC=Cc1cc(OC)c(O)cc1Br. The normalized spacial score (nSPS) is 10.9. The Bertz CT molecular complexity index is 364. The number of ether oxygens (including phenoxy) is 1. The second-order valence-corrected chi connectivity index (χ2v) is 3.86. The molecular formula is C11H14BrNO2. The van der Waals surface area contributed by atoms with Crippen LogP contribution in [0.15, 0.2) is 22.7 Å². The van der Waals surface area contributed by atoms with Crippen molar-refractivity contribution in [3.63, 3.8) is 0 Å². The summed E-state index contributed by atoms with van der Waals surface area (Å²) in [6.07, 6.45) is 3.96. The molecule has 0 bridgehead atoms. The first kappa shape index (κ1) is 12.1. The average molecular weight is 272 g/mol. The zero-order valence-corrected chi connectivity index (χ0v) is 10.3. The minimum atomic E-state index is 0.134. The maximum absolute atomic E-state index is 9.50. The van der Waals surface area contributed by atoms with Gasteiger partial charge in [-0.2, -0.15) is 0 Å². The van der Waals surface area contributed by atoms with Gasteiger partial charge in [-0.1, -0.05) is 28.1 Å². The minimum Gasteiger partial charge on any atom is -0.504 e. The molecule has 4 heteroatoms. The van der Waals surface area contributed by atoms with Gasteiger partial charge in [0.2, 0.25) is 0 Å². The molecule has 0 radical (unpaired) electrons. The monoisotopic (exact) mass is 271 g/mol. The summed E-state index contributed by atoms with van der Waals surface area (Å²) in [5.74, 6) is 0.609. The Kier molecular flexibility index (Phi) is 4.65. The number of hydrogen-bond donors (Lipinski definition) is 2. The van der Waals surface area contributed by atoms with Crippen molar-refractivity contribution in [1.82, 2.24) is 5.32 Å². The lowest BCUT2D eigenvalue weighted by Crippen LogP contribution is -2.03. The van der Waals surface area contributed by atoms with Crippen molar-refractivity contribution >= 4 is 22.0 Å². The molecule has 0 unspecified atom stereocenters. The highest BCUT2D eigenvalue weighted by Crippen LogP contribution is 2.32. The Morgan fingerprint density at radius 2 is 2.27 bits per heavy atom. The highest BCUT2D eigenvalue weighted by Gasteiger charge is 2.05. The van der Waals surface area contributed by atoms with E-state index in [1.165, 1.54) is 7.11 Å². The Hall–Kier alpha value is -1.00. The molecule has 1 aromatic rings. The van der Waals surface area contributed by atoms with Gasteiger partial charge in [-0.3, -0.25) is 0 Å². The minimum absolute atomic E-state index is 0.134. The molecule has 0 aliphatic carbocycles. The van der Waals surface area contributed by atoms with Crippen LogP contribution in [0.3, 0.4) is 0 Å². The lowest BCUT2D eigenvalue weighted by molar-refractivity contribution is 0.373. The van der Waals surface area contributed by atoms with Crippen molar-refractivity contribution < 1.29 is 9.84 Å². The topological polar surface area (TPSA) is 41.5 Å². The maximum atomic E-state index is 9.50. The lowest BCUT2D eigenvalue weighted by Gasteiger charge is -2.06. The molecule has 82 valence electrons. The summed E-state index contributed by atoms with van der Waals surface area (Å²) in [6, 6.07) is 3.41. The van der Waals surface area contributed by atoms with Gasteiger partial charge < -0.3 is 15.2 Å². The molecule has 0 aromatic heterocycles. The van der Waals surface area contributed by atoms with Crippen LogP contribution in [-0.4, -0.2) is 25.8 Å². The third kappa shape index (κ3) is 3.25. The number of rotatable bonds is 4. The van der Waals surface area contributed by atoms with Gasteiger partial charge in [0.1, 0.15) is 0 Å². The predicted molar refractivity (Wildman–Crippen MR) is 65.3 cm³/mol. The summed E-state index contributed by atoms with van der Waals surface area (Å²) >= 11 is 3.38. The van der Waals surface area contributed by atoms with E-state index in [2.05, 4.69) is 21.2 Å². The standard InChI is InChI=1S/C11H14BrNO2/c1-13-5-3-4-8-6-11(15-2)10(14)7-9(8)12/h3-4,6-7,13-14H,5H2,1-2H3. The van der Waals surface area contributed by atoms with Gasteiger partial charge in [-0.15, -0.1) is 0 Å². The second kappa shape index (κ2) is 5.78. The van der Waals surface area contributed by atoms with Gasteiger partial charge in [0.25, 0.3) is 0 Å². The number of phenols is 1. The molecule has 0 saturated carbocycles. The molecule has 3 nitrogen and oxygen atoms in total. The van der Waals surface area contributed by atoms with E-state index in [0.29, 0.717) is 5.75 Å². The van der Waals surface area contributed by atoms with E-state index in [-0.39, 0.29) is 5.75 Å². The van der Waals surface area contributed by atoms with E-state index in [0.717, 1.165) is 16.6 Å². The van der Waals surface area contributed by atoms with Crippen LogP contribution in [0, 0.1) is 0 Å². The third-order valence-corrected chi connectivity index (χ3v) is 2.60. The predicted octanol–water partition coefficient (Wildman–Crippen LogP) is 2.40. The summed E-state index contributed by atoms with van der Waals surface area (Å²) in [4.78, 5) is 0. The zero-order chi connectivity index (χ0) is 11.3. The van der Waals surface area contributed by atoms with E-state index in [1.54, 1.807) is 12.1 Å². The van der Waals surface area contributed by atoms with Crippen LogP contribution in [-0.2, 0) is 0 Å². The Balaban J connectivity index is 2.97. The smallest absolute Gasteiger partial charge is 0.161 e. The largest absolute Gasteiger partial charge is 0.504 e. The van der Waals surface area contributed by atoms with E-state index < -0.39 is 0 Å². The van der Waals surface area contributed by atoms with Crippen molar-refractivity contribution in [3.05, 3.63) is 28.2 Å². The molecule has 1 rings (SSSR count). The Labute approximate surface area is 97.9 Å². The van der Waals surface area contributed by atoms with Crippen molar-refractivity contribution in [2.75, 3.05) is 20.7 Å². The van der Waals surface area contributed by atoms with E-state index in [9.17, 15) is 5.11 Å². The third-order valence-electron chi connectivity index (χ3n) is 1.92. The van der Waals surface area contributed by atoms with Crippen LogP contribution in [0.2, 0.25) is 0 Å². The van der Waals surface area contributed by atoms with E-state index >= 15 is 0 Å². The highest BCUT2D eigenvalue weighted by atomic mass is 79.9. The van der Waals surface area contributed by atoms with Crippen LogP contribution in [0.1, 0.15) is 5.56 Å². The fourth-order valence-corrected chi connectivity index (χ4v) is 1.62. The van der Waals surface area contributed by atoms with Crippen molar-refractivity contribution in [3.8, 4) is 11.5 Å². The lowest BCUT2D eigenvalue weighted by atomic mass is 10.2. The molecule has 2 N–H and O–H groups in total. The van der Waals surface area contributed by atoms with Gasteiger partial charge in [0.05, 0.1) is 7.11 Å². The molecule has 0 atom stereocenters. The number of nitrogens with one attached hydrogen (secondary N) is 1.